The Balaban J connectivity index is 2.28. The van der Waals surface area contributed by atoms with Crippen LogP contribution in [-0.4, -0.2) is 29.9 Å². The van der Waals surface area contributed by atoms with Crippen molar-refractivity contribution in [1.82, 2.24) is 15.2 Å². The Kier molecular flexibility index (Phi) is 5.88. The number of amides is 1. The first-order valence-electron chi connectivity index (χ1n) is 7.91. The van der Waals surface area contributed by atoms with Gasteiger partial charge in [0.1, 0.15) is 0 Å². The lowest BCUT2D eigenvalue weighted by Crippen LogP contribution is -2.32. The summed E-state index contributed by atoms with van der Waals surface area (Å²) >= 11 is 0. The summed E-state index contributed by atoms with van der Waals surface area (Å²) in [6.45, 7) is 4.71. The Morgan fingerprint density at radius 1 is 1.04 bits per heavy atom. The summed E-state index contributed by atoms with van der Waals surface area (Å²) in [6.07, 6.45) is 3.51. The zero-order valence-corrected chi connectivity index (χ0v) is 14.3. The van der Waals surface area contributed by atoms with Crippen LogP contribution in [0.2, 0.25) is 0 Å². The molecular weight excluding hydrogens is 286 g/mol. The monoisotopic (exact) mass is 311 g/mol. The average Bonchev–Trinajstić information content (AvgIpc) is 2.53. The first kappa shape index (κ1) is 17.2. The van der Waals surface area contributed by atoms with Crippen molar-refractivity contribution in [1.29, 1.82) is 0 Å². The third-order valence-electron chi connectivity index (χ3n) is 3.66. The lowest BCUT2D eigenvalue weighted by molar-refractivity contribution is -0.124. The fourth-order valence-electron chi connectivity index (χ4n) is 2.40. The molecule has 1 aromatic heterocycles. The summed E-state index contributed by atoms with van der Waals surface area (Å²) < 4.78 is 0. The Labute approximate surface area is 138 Å². The van der Waals surface area contributed by atoms with Gasteiger partial charge in [0.05, 0.1) is 6.04 Å². The number of carbonyl (C=O) groups is 1. The highest BCUT2D eigenvalue weighted by atomic mass is 16.1. The molecule has 23 heavy (non-hydrogen) atoms. The number of hydrogen-bond donors (Lipinski definition) is 1. The number of aromatic nitrogens is 1. The van der Waals surface area contributed by atoms with Crippen LogP contribution in [0.1, 0.15) is 36.6 Å². The molecule has 1 unspecified atom stereocenters. The van der Waals surface area contributed by atoms with Gasteiger partial charge in [0.15, 0.2) is 0 Å². The minimum absolute atomic E-state index is 0.0455. The highest BCUT2D eigenvalue weighted by Gasteiger charge is 2.18. The second kappa shape index (κ2) is 7.88. The minimum atomic E-state index is -0.152. The maximum atomic E-state index is 12.2. The predicted molar refractivity (Wildman–Crippen MR) is 92.9 cm³/mol. The summed E-state index contributed by atoms with van der Waals surface area (Å²) in [5, 5.41) is 3.13. The van der Waals surface area contributed by atoms with Crippen LogP contribution in [0.3, 0.4) is 0 Å². The molecule has 0 spiro atoms. The molecule has 1 heterocycles. The van der Waals surface area contributed by atoms with Crippen molar-refractivity contribution in [2.45, 2.75) is 26.4 Å². The predicted octanol–water partition coefficient (Wildman–Crippen LogP) is 3.00. The zero-order chi connectivity index (χ0) is 16.8. The quantitative estimate of drug-likeness (QED) is 0.892. The van der Waals surface area contributed by atoms with E-state index in [-0.39, 0.29) is 17.9 Å². The first-order valence-corrected chi connectivity index (χ1v) is 7.91. The summed E-state index contributed by atoms with van der Waals surface area (Å²) in [5.41, 5.74) is 3.37. The van der Waals surface area contributed by atoms with E-state index in [2.05, 4.69) is 53.6 Å². The second-order valence-electron chi connectivity index (χ2n) is 6.36. The van der Waals surface area contributed by atoms with Gasteiger partial charge in [-0.15, -0.1) is 0 Å². The van der Waals surface area contributed by atoms with Gasteiger partial charge in [-0.3, -0.25) is 9.78 Å². The molecule has 0 saturated heterocycles. The molecule has 0 saturated carbocycles. The van der Waals surface area contributed by atoms with E-state index in [1.165, 1.54) is 5.56 Å². The van der Waals surface area contributed by atoms with E-state index in [0.717, 1.165) is 17.7 Å². The molecule has 4 nitrogen and oxygen atoms in total. The molecule has 4 heteroatoms. The molecule has 0 bridgehead atoms. The molecule has 0 radical (unpaired) electrons. The van der Waals surface area contributed by atoms with Gasteiger partial charge in [0, 0.05) is 24.9 Å². The standard InChI is InChI=1S/C19H25N3O/c1-14(2)19(23)21-18(17-9-11-20-12-10-17)16-7-5-15(6-8-16)13-22(3)4/h5-12,14,18H,13H2,1-4H3,(H,21,23). The summed E-state index contributed by atoms with van der Waals surface area (Å²) in [4.78, 5) is 18.4. The molecule has 1 aromatic carbocycles. The molecular formula is C19H25N3O. The number of nitrogens with zero attached hydrogens (tertiary/aromatic N) is 2. The van der Waals surface area contributed by atoms with Crippen LogP contribution in [0.4, 0.5) is 0 Å². The lowest BCUT2D eigenvalue weighted by Gasteiger charge is -2.21. The van der Waals surface area contributed by atoms with Gasteiger partial charge < -0.3 is 10.2 Å². The molecule has 0 aliphatic carbocycles. The topological polar surface area (TPSA) is 45.2 Å². The van der Waals surface area contributed by atoms with Crippen molar-refractivity contribution in [2.75, 3.05) is 14.1 Å². The maximum absolute atomic E-state index is 12.2. The Hall–Kier alpha value is -2.20. The highest BCUT2D eigenvalue weighted by Crippen LogP contribution is 2.22. The number of rotatable bonds is 6. The second-order valence-corrected chi connectivity index (χ2v) is 6.36. The van der Waals surface area contributed by atoms with Crippen LogP contribution >= 0.6 is 0 Å². The van der Waals surface area contributed by atoms with Crippen molar-refractivity contribution < 1.29 is 4.79 Å². The normalized spacial score (nSPS) is 12.4. The minimum Gasteiger partial charge on any atom is -0.345 e. The van der Waals surface area contributed by atoms with E-state index in [9.17, 15) is 4.79 Å². The highest BCUT2D eigenvalue weighted by molar-refractivity contribution is 5.78. The van der Waals surface area contributed by atoms with E-state index in [1.807, 2.05) is 26.0 Å². The number of hydrogen-bond acceptors (Lipinski definition) is 3. The molecule has 1 amide bonds. The Morgan fingerprint density at radius 2 is 1.61 bits per heavy atom. The lowest BCUT2D eigenvalue weighted by atomic mass is 9.97. The van der Waals surface area contributed by atoms with Crippen LogP contribution in [0.5, 0.6) is 0 Å². The van der Waals surface area contributed by atoms with Crippen molar-refractivity contribution in [3.05, 3.63) is 65.5 Å². The van der Waals surface area contributed by atoms with E-state index in [1.54, 1.807) is 12.4 Å². The number of carbonyl (C=O) groups excluding carboxylic acids is 1. The fraction of sp³-hybridized carbons (Fsp3) is 0.368. The van der Waals surface area contributed by atoms with Crippen molar-refractivity contribution >= 4 is 5.91 Å². The molecule has 1 N–H and O–H groups in total. The Morgan fingerprint density at radius 3 is 2.13 bits per heavy atom. The zero-order valence-electron chi connectivity index (χ0n) is 14.3. The van der Waals surface area contributed by atoms with Crippen LogP contribution in [-0.2, 0) is 11.3 Å². The third kappa shape index (κ3) is 4.89. The summed E-state index contributed by atoms with van der Waals surface area (Å²) in [7, 11) is 4.10. The number of benzene rings is 1. The molecule has 122 valence electrons. The first-order chi connectivity index (χ1) is 11.0. The fourth-order valence-corrected chi connectivity index (χ4v) is 2.40. The van der Waals surface area contributed by atoms with Crippen molar-refractivity contribution in [3.63, 3.8) is 0 Å². The van der Waals surface area contributed by atoms with Crippen LogP contribution in [0, 0.1) is 5.92 Å². The van der Waals surface area contributed by atoms with Gasteiger partial charge in [0.25, 0.3) is 0 Å². The van der Waals surface area contributed by atoms with Crippen LogP contribution < -0.4 is 5.32 Å². The van der Waals surface area contributed by atoms with E-state index in [4.69, 9.17) is 0 Å². The van der Waals surface area contributed by atoms with Gasteiger partial charge >= 0.3 is 0 Å². The maximum Gasteiger partial charge on any atom is 0.223 e. The molecule has 0 aliphatic heterocycles. The van der Waals surface area contributed by atoms with Gasteiger partial charge in [0.2, 0.25) is 5.91 Å². The molecule has 2 rings (SSSR count). The SMILES string of the molecule is CC(C)C(=O)NC(c1ccncc1)c1ccc(CN(C)C)cc1. The smallest absolute Gasteiger partial charge is 0.223 e. The van der Waals surface area contributed by atoms with Crippen molar-refractivity contribution in [2.24, 2.45) is 5.92 Å². The van der Waals surface area contributed by atoms with Crippen LogP contribution in [0.25, 0.3) is 0 Å². The summed E-state index contributed by atoms with van der Waals surface area (Å²) in [6, 6.07) is 12.1. The van der Waals surface area contributed by atoms with E-state index in [0.29, 0.717) is 0 Å². The molecule has 2 aromatic rings. The largest absolute Gasteiger partial charge is 0.345 e. The molecule has 1 atom stereocenters. The molecule has 0 aliphatic rings. The Bertz CT molecular complexity index is 621. The summed E-state index contributed by atoms with van der Waals surface area (Å²) in [5.74, 6) is -0.00321. The van der Waals surface area contributed by atoms with Gasteiger partial charge in [-0.05, 0) is 42.9 Å². The average molecular weight is 311 g/mol. The number of pyridine rings is 1. The van der Waals surface area contributed by atoms with Crippen LogP contribution in [0.15, 0.2) is 48.8 Å². The number of nitrogens with one attached hydrogen (secondary N) is 1. The third-order valence-corrected chi connectivity index (χ3v) is 3.66. The van der Waals surface area contributed by atoms with E-state index < -0.39 is 0 Å². The van der Waals surface area contributed by atoms with Gasteiger partial charge in [-0.2, -0.15) is 0 Å². The molecule has 0 fully saturated rings. The van der Waals surface area contributed by atoms with E-state index >= 15 is 0 Å². The van der Waals surface area contributed by atoms with Crippen molar-refractivity contribution in [3.8, 4) is 0 Å². The van der Waals surface area contributed by atoms with Gasteiger partial charge in [-0.25, -0.2) is 0 Å². The van der Waals surface area contributed by atoms with Gasteiger partial charge in [-0.1, -0.05) is 38.1 Å².